The minimum Gasteiger partial charge on any atom is -0.322 e. The van der Waals surface area contributed by atoms with Crippen LogP contribution in [0.5, 0.6) is 0 Å². The Hall–Kier alpha value is -3.21. The monoisotopic (exact) mass is 336 g/mol. The fraction of sp³-hybridized carbons (Fsp3) is 0.100. The van der Waals surface area contributed by atoms with E-state index >= 15 is 0 Å². The molecule has 1 amide bonds. The third kappa shape index (κ3) is 3.66. The molecular formula is C20H17FN2O2. The van der Waals surface area contributed by atoms with Crippen molar-refractivity contribution in [3.8, 4) is 11.3 Å². The molecule has 2 N–H and O–H groups in total. The summed E-state index contributed by atoms with van der Waals surface area (Å²) in [6.45, 7) is 3.94. The lowest BCUT2D eigenvalue weighted by molar-refractivity contribution is 0.102. The number of rotatable bonds is 3. The van der Waals surface area contributed by atoms with Crippen LogP contribution in [0.1, 0.15) is 21.5 Å². The first-order valence-corrected chi connectivity index (χ1v) is 7.82. The number of anilines is 1. The molecule has 0 atom stereocenters. The Morgan fingerprint density at radius 2 is 1.68 bits per heavy atom. The Bertz CT molecular complexity index is 991. The highest BCUT2D eigenvalue weighted by atomic mass is 19.1. The number of aromatic amines is 1. The number of aryl methyl sites for hydroxylation is 2. The molecule has 0 fully saturated rings. The Morgan fingerprint density at radius 3 is 2.32 bits per heavy atom. The fourth-order valence-corrected chi connectivity index (χ4v) is 2.47. The maximum Gasteiger partial charge on any atom is 0.261 e. The Balaban J connectivity index is 1.85. The van der Waals surface area contributed by atoms with Gasteiger partial charge in [-0.25, -0.2) is 4.39 Å². The SMILES string of the molecule is Cc1ccc(NC(=O)c2ccc(-c3ccc(F)cc3)[nH]c2=O)cc1C. The zero-order chi connectivity index (χ0) is 18.0. The van der Waals surface area contributed by atoms with E-state index in [1.165, 1.54) is 18.2 Å². The third-order valence-corrected chi connectivity index (χ3v) is 4.07. The first kappa shape index (κ1) is 16.6. The van der Waals surface area contributed by atoms with E-state index in [0.717, 1.165) is 11.1 Å². The number of hydrogen-bond donors (Lipinski definition) is 2. The Kier molecular flexibility index (Phi) is 4.48. The van der Waals surface area contributed by atoms with E-state index in [1.807, 2.05) is 26.0 Å². The summed E-state index contributed by atoms with van der Waals surface area (Å²) in [5.41, 5.74) is 3.52. The minimum atomic E-state index is -0.497. The Labute approximate surface area is 144 Å². The summed E-state index contributed by atoms with van der Waals surface area (Å²) >= 11 is 0. The van der Waals surface area contributed by atoms with E-state index in [4.69, 9.17) is 0 Å². The van der Waals surface area contributed by atoms with Crippen LogP contribution < -0.4 is 10.9 Å². The summed E-state index contributed by atoms with van der Waals surface area (Å²) in [7, 11) is 0. The van der Waals surface area contributed by atoms with Gasteiger partial charge in [-0.05, 0) is 79.1 Å². The second kappa shape index (κ2) is 6.73. The number of pyridine rings is 1. The van der Waals surface area contributed by atoms with Gasteiger partial charge in [0.25, 0.3) is 11.5 Å². The van der Waals surface area contributed by atoms with Gasteiger partial charge in [0.1, 0.15) is 11.4 Å². The highest BCUT2D eigenvalue weighted by Crippen LogP contribution is 2.17. The minimum absolute atomic E-state index is 0.0177. The normalized spacial score (nSPS) is 10.5. The number of benzene rings is 2. The molecule has 5 heteroatoms. The van der Waals surface area contributed by atoms with Gasteiger partial charge in [-0.2, -0.15) is 0 Å². The van der Waals surface area contributed by atoms with Gasteiger partial charge in [-0.3, -0.25) is 9.59 Å². The molecule has 0 aliphatic heterocycles. The molecule has 4 nitrogen and oxygen atoms in total. The van der Waals surface area contributed by atoms with Gasteiger partial charge in [-0.1, -0.05) is 6.07 Å². The molecule has 3 aromatic rings. The highest BCUT2D eigenvalue weighted by molar-refractivity contribution is 6.04. The molecule has 0 spiro atoms. The lowest BCUT2D eigenvalue weighted by Gasteiger charge is -2.08. The van der Waals surface area contributed by atoms with Crippen molar-refractivity contribution in [3.63, 3.8) is 0 Å². The number of hydrogen-bond acceptors (Lipinski definition) is 2. The first-order valence-electron chi connectivity index (χ1n) is 7.82. The van der Waals surface area contributed by atoms with Crippen molar-refractivity contribution < 1.29 is 9.18 Å². The van der Waals surface area contributed by atoms with Crippen LogP contribution in [0.15, 0.2) is 59.4 Å². The van der Waals surface area contributed by atoms with Crippen LogP contribution in [0.4, 0.5) is 10.1 Å². The molecule has 1 aromatic heterocycles. The number of halogens is 1. The largest absolute Gasteiger partial charge is 0.322 e. The Morgan fingerprint density at radius 1 is 0.960 bits per heavy atom. The predicted molar refractivity (Wildman–Crippen MR) is 96.3 cm³/mol. The zero-order valence-corrected chi connectivity index (χ0v) is 13.9. The maximum atomic E-state index is 13.0. The van der Waals surface area contributed by atoms with Gasteiger partial charge in [0.2, 0.25) is 0 Å². The average Bonchev–Trinajstić information content (AvgIpc) is 2.58. The molecule has 126 valence electrons. The summed E-state index contributed by atoms with van der Waals surface area (Å²) in [5, 5.41) is 2.73. The number of aromatic nitrogens is 1. The van der Waals surface area contributed by atoms with Crippen LogP contribution in [0.3, 0.4) is 0 Å². The summed E-state index contributed by atoms with van der Waals surface area (Å²) in [6.07, 6.45) is 0. The van der Waals surface area contributed by atoms with Crippen molar-refractivity contribution >= 4 is 11.6 Å². The van der Waals surface area contributed by atoms with Crippen molar-refractivity contribution in [2.45, 2.75) is 13.8 Å². The standard InChI is InChI=1S/C20H17FN2O2/c1-12-3-8-16(11-13(12)2)22-19(24)17-9-10-18(23-20(17)25)14-4-6-15(21)7-5-14/h3-11H,1-2H3,(H,22,24)(H,23,25). The predicted octanol–water partition coefficient (Wildman–Crippen LogP) is 4.05. The summed E-state index contributed by atoms with van der Waals surface area (Å²) < 4.78 is 13.0. The average molecular weight is 336 g/mol. The van der Waals surface area contributed by atoms with Gasteiger partial charge in [0.05, 0.1) is 0 Å². The molecule has 1 heterocycles. The van der Waals surface area contributed by atoms with E-state index in [0.29, 0.717) is 16.9 Å². The van der Waals surface area contributed by atoms with Crippen molar-refractivity contribution in [2.24, 2.45) is 0 Å². The molecule has 2 aromatic carbocycles. The number of amides is 1. The molecule has 3 rings (SSSR count). The maximum absolute atomic E-state index is 13.0. The fourth-order valence-electron chi connectivity index (χ4n) is 2.47. The molecular weight excluding hydrogens is 319 g/mol. The van der Waals surface area contributed by atoms with Crippen LogP contribution in [0.25, 0.3) is 11.3 Å². The third-order valence-electron chi connectivity index (χ3n) is 4.07. The van der Waals surface area contributed by atoms with Gasteiger partial charge in [0, 0.05) is 11.4 Å². The van der Waals surface area contributed by atoms with Crippen molar-refractivity contribution in [1.29, 1.82) is 0 Å². The zero-order valence-electron chi connectivity index (χ0n) is 13.9. The van der Waals surface area contributed by atoms with Gasteiger partial charge in [0.15, 0.2) is 0 Å². The number of carbonyl (C=O) groups is 1. The smallest absolute Gasteiger partial charge is 0.261 e. The number of H-pyrrole nitrogens is 1. The highest BCUT2D eigenvalue weighted by Gasteiger charge is 2.12. The van der Waals surface area contributed by atoms with Crippen LogP contribution in [-0.2, 0) is 0 Å². The van der Waals surface area contributed by atoms with Crippen LogP contribution in [0.2, 0.25) is 0 Å². The van der Waals surface area contributed by atoms with Gasteiger partial charge < -0.3 is 10.3 Å². The first-order chi connectivity index (χ1) is 11.9. The second-order valence-corrected chi connectivity index (χ2v) is 5.87. The van der Waals surface area contributed by atoms with E-state index in [1.54, 1.807) is 24.3 Å². The van der Waals surface area contributed by atoms with Crippen LogP contribution >= 0.6 is 0 Å². The number of nitrogens with one attached hydrogen (secondary N) is 2. The molecule has 0 unspecified atom stereocenters. The molecule has 0 saturated carbocycles. The molecule has 0 aliphatic carbocycles. The van der Waals surface area contributed by atoms with E-state index in [-0.39, 0.29) is 11.4 Å². The van der Waals surface area contributed by atoms with Crippen molar-refractivity contribution in [1.82, 2.24) is 4.98 Å². The van der Waals surface area contributed by atoms with Crippen molar-refractivity contribution in [3.05, 3.63) is 87.5 Å². The van der Waals surface area contributed by atoms with Crippen LogP contribution in [-0.4, -0.2) is 10.9 Å². The summed E-state index contributed by atoms with van der Waals surface area (Å²) in [5.74, 6) is -0.828. The quantitative estimate of drug-likeness (QED) is 0.758. The summed E-state index contributed by atoms with van der Waals surface area (Å²) in [6, 6.07) is 14.4. The van der Waals surface area contributed by atoms with Crippen molar-refractivity contribution in [2.75, 3.05) is 5.32 Å². The molecule has 0 saturated heterocycles. The van der Waals surface area contributed by atoms with Crippen LogP contribution in [0, 0.1) is 19.7 Å². The molecule has 0 aliphatic rings. The summed E-state index contributed by atoms with van der Waals surface area (Å²) in [4.78, 5) is 27.2. The van der Waals surface area contributed by atoms with Gasteiger partial charge in [-0.15, -0.1) is 0 Å². The topological polar surface area (TPSA) is 62.0 Å². The van der Waals surface area contributed by atoms with E-state index in [9.17, 15) is 14.0 Å². The van der Waals surface area contributed by atoms with E-state index in [2.05, 4.69) is 10.3 Å². The second-order valence-electron chi connectivity index (χ2n) is 5.87. The number of carbonyl (C=O) groups excluding carboxylic acids is 1. The molecule has 25 heavy (non-hydrogen) atoms. The van der Waals surface area contributed by atoms with E-state index < -0.39 is 11.5 Å². The lowest BCUT2D eigenvalue weighted by atomic mass is 10.1. The van der Waals surface area contributed by atoms with Gasteiger partial charge >= 0.3 is 0 Å². The molecule has 0 radical (unpaired) electrons. The molecule has 0 bridgehead atoms. The lowest BCUT2D eigenvalue weighted by Crippen LogP contribution is -2.23.